The first-order chi connectivity index (χ1) is 10.5. The van der Waals surface area contributed by atoms with Gasteiger partial charge in [-0.15, -0.1) is 0 Å². The van der Waals surface area contributed by atoms with Crippen molar-refractivity contribution < 1.29 is 14.3 Å². The molecule has 1 fully saturated rings. The monoisotopic (exact) mass is 302 g/mol. The van der Waals surface area contributed by atoms with Crippen molar-refractivity contribution in [2.24, 2.45) is 7.05 Å². The van der Waals surface area contributed by atoms with Gasteiger partial charge in [0.1, 0.15) is 6.54 Å². The molecule has 1 amide bonds. The van der Waals surface area contributed by atoms with E-state index in [1.165, 1.54) is 7.11 Å². The molecule has 0 unspecified atom stereocenters. The van der Waals surface area contributed by atoms with Crippen LogP contribution in [-0.4, -0.2) is 40.3 Å². The molecule has 1 aliphatic carbocycles. The molecule has 7 nitrogen and oxygen atoms in total. The molecule has 0 spiro atoms. The quantitative estimate of drug-likeness (QED) is 0.853. The van der Waals surface area contributed by atoms with Crippen molar-refractivity contribution in [2.45, 2.75) is 25.7 Å². The normalized spacial score (nSPS) is 14.1. The molecule has 2 aromatic heterocycles. The van der Waals surface area contributed by atoms with Crippen LogP contribution in [0.15, 0.2) is 6.07 Å². The second-order valence-corrected chi connectivity index (χ2v) is 5.54. The van der Waals surface area contributed by atoms with Crippen LogP contribution in [0.5, 0.6) is 0 Å². The number of carbonyl (C=O) groups is 2. The Balaban J connectivity index is 2.02. The summed E-state index contributed by atoms with van der Waals surface area (Å²) in [7, 11) is 3.10. The van der Waals surface area contributed by atoms with Crippen molar-refractivity contribution in [3.63, 3.8) is 0 Å². The number of nitrogens with zero attached hydrogens (tertiary/aromatic N) is 3. The molecular formula is C15H18N4O3. The van der Waals surface area contributed by atoms with Crippen LogP contribution in [0.3, 0.4) is 0 Å². The molecule has 22 heavy (non-hydrogen) atoms. The predicted molar refractivity (Wildman–Crippen MR) is 79.6 cm³/mol. The summed E-state index contributed by atoms with van der Waals surface area (Å²) in [5, 5.41) is 7.67. The molecule has 0 aliphatic heterocycles. The first kappa shape index (κ1) is 14.5. The number of aryl methyl sites for hydroxylation is 2. The molecule has 0 radical (unpaired) electrons. The van der Waals surface area contributed by atoms with E-state index in [1.807, 2.05) is 20.0 Å². The molecule has 1 aliphatic rings. The van der Waals surface area contributed by atoms with Gasteiger partial charge in [-0.1, -0.05) is 0 Å². The molecule has 2 aromatic rings. The van der Waals surface area contributed by atoms with Crippen molar-refractivity contribution in [1.29, 1.82) is 0 Å². The van der Waals surface area contributed by atoms with Crippen molar-refractivity contribution in [2.75, 3.05) is 13.7 Å². The number of ether oxygens (including phenoxy) is 1. The summed E-state index contributed by atoms with van der Waals surface area (Å²) in [4.78, 5) is 28.3. The van der Waals surface area contributed by atoms with Crippen LogP contribution in [0, 0.1) is 6.92 Å². The number of aromatic nitrogens is 3. The first-order valence-corrected chi connectivity index (χ1v) is 7.20. The Hall–Kier alpha value is -2.44. The van der Waals surface area contributed by atoms with Crippen molar-refractivity contribution >= 4 is 22.9 Å². The average Bonchev–Trinajstić information content (AvgIpc) is 3.31. The number of amides is 1. The van der Waals surface area contributed by atoms with Crippen LogP contribution in [0.25, 0.3) is 11.0 Å². The molecule has 3 rings (SSSR count). The highest BCUT2D eigenvalue weighted by Gasteiger charge is 2.28. The summed E-state index contributed by atoms with van der Waals surface area (Å²) >= 11 is 0. The molecule has 2 heterocycles. The highest BCUT2D eigenvalue weighted by Crippen LogP contribution is 2.40. The predicted octanol–water partition coefficient (Wildman–Crippen LogP) is 1.06. The smallest absolute Gasteiger partial charge is 0.325 e. The van der Waals surface area contributed by atoms with Gasteiger partial charge in [0.25, 0.3) is 5.91 Å². The van der Waals surface area contributed by atoms with E-state index in [0.29, 0.717) is 17.1 Å². The maximum absolute atomic E-state index is 12.5. The fourth-order valence-corrected chi connectivity index (χ4v) is 2.55. The van der Waals surface area contributed by atoms with E-state index in [2.05, 4.69) is 20.1 Å². The maximum Gasteiger partial charge on any atom is 0.325 e. The Kier molecular flexibility index (Phi) is 3.56. The average molecular weight is 302 g/mol. The number of hydrogen-bond acceptors (Lipinski definition) is 5. The van der Waals surface area contributed by atoms with Gasteiger partial charge < -0.3 is 10.1 Å². The van der Waals surface area contributed by atoms with Gasteiger partial charge in [0.05, 0.1) is 23.8 Å². The van der Waals surface area contributed by atoms with Crippen LogP contribution in [0.4, 0.5) is 0 Å². The van der Waals surface area contributed by atoms with E-state index in [0.717, 1.165) is 29.6 Å². The zero-order valence-electron chi connectivity index (χ0n) is 12.8. The summed E-state index contributed by atoms with van der Waals surface area (Å²) in [5.74, 6) is -0.369. The Morgan fingerprint density at radius 2 is 2.18 bits per heavy atom. The third-order valence-corrected chi connectivity index (χ3v) is 3.85. The Morgan fingerprint density at radius 3 is 2.82 bits per heavy atom. The number of rotatable bonds is 4. The molecule has 1 saturated carbocycles. The van der Waals surface area contributed by atoms with E-state index >= 15 is 0 Å². The number of nitrogens with one attached hydrogen (secondary N) is 1. The zero-order valence-corrected chi connectivity index (χ0v) is 12.8. The molecule has 1 N–H and O–H groups in total. The highest BCUT2D eigenvalue weighted by atomic mass is 16.5. The zero-order chi connectivity index (χ0) is 15.9. The van der Waals surface area contributed by atoms with Crippen LogP contribution in [-0.2, 0) is 16.6 Å². The van der Waals surface area contributed by atoms with Crippen LogP contribution >= 0.6 is 0 Å². The number of hydrogen-bond donors (Lipinski definition) is 1. The minimum atomic E-state index is -0.482. The van der Waals surface area contributed by atoms with Gasteiger partial charge in [-0.3, -0.25) is 14.3 Å². The molecule has 116 valence electrons. The lowest BCUT2D eigenvalue weighted by atomic mass is 10.1. The topological polar surface area (TPSA) is 86.1 Å². The lowest BCUT2D eigenvalue weighted by Gasteiger charge is -2.08. The Labute approximate surface area is 127 Å². The van der Waals surface area contributed by atoms with E-state index in [-0.39, 0.29) is 12.5 Å². The minimum absolute atomic E-state index is 0.156. The van der Waals surface area contributed by atoms with Gasteiger partial charge in [0.2, 0.25) is 0 Å². The van der Waals surface area contributed by atoms with E-state index in [1.54, 1.807) is 4.68 Å². The largest absolute Gasteiger partial charge is 0.468 e. The van der Waals surface area contributed by atoms with E-state index in [4.69, 9.17) is 0 Å². The second-order valence-electron chi connectivity index (χ2n) is 5.54. The summed E-state index contributed by atoms with van der Waals surface area (Å²) in [5.41, 5.74) is 2.88. The van der Waals surface area contributed by atoms with E-state index in [9.17, 15) is 9.59 Å². The third-order valence-electron chi connectivity index (χ3n) is 3.85. The summed E-state index contributed by atoms with van der Waals surface area (Å²) in [6, 6.07) is 1.82. The molecular weight excluding hydrogens is 284 g/mol. The standard InChI is InChI=1S/C15H18N4O3/c1-8-13-10(15(21)16-7-12(20)22-3)6-11(9-4-5-9)17-14(13)19(2)18-8/h6,9H,4-5,7H2,1-3H3,(H,16,21). The molecule has 0 atom stereocenters. The summed E-state index contributed by atoms with van der Waals surface area (Å²) in [6.07, 6.45) is 2.19. The van der Waals surface area contributed by atoms with Crippen LogP contribution in [0.1, 0.15) is 40.5 Å². The van der Waals surface area contributed by atoms with E-state index < -0.39 is 5.97 Å². The SMILES string of the molecule is COC(=O)CNC(=O)c1cc(C2CC2)nc2c1c(C)nn2C. The van der Waals surface area contributed by atoms with Gasteiger partial charge in [-0.25, -0.2) is 4.98 Å². The minimum Gasteiger partial charge on any atom is -0.468 e. The molecule has 0 bridgehead atoms. The first-order valence-electron chi connectivity index (χ1n) is 7.20. The van der Waals surface area contributed by atoms with Crippen molar-refractivity contribution in [1.82, 2.24) is 20.1 Å². The van der Waals surface area contributed by atoms with Gasteiger partial charge >= 0.3 is 5.97 Å². The Morgan fingerprint density at radius 1 is 1.45 bits per heavy atom. The van der Waals surface area contributed by atoms with Gasteiger partial charge in [-0.05, 0) is 25.8 Å². The fourth-order valence-electron chi connectivity index (χ4n) is 2.55. The van der Waals surface area contributed by atoms with Gasteiger partial charge in [0, 0.05) is 18.7 Å². The van der Waals surface area contributed by atoms with Crippen LogP contribution < -0.4 is 5.32 Å². The second kappa shape index (κ2) is 5.40. The molecule has 0 saturated heterocycles. The van der Waals surface area contributed by atoms with Crippen molar-refractivity contribution in [3.8, 4) is 0 Å². The summed E-state index contributed by atoms with van der Waals surface area (Å²) in [6.45, 7) is 1.69. The van der Waals surface area contributed by atoms with Gasteiger partial charge in [0.15, 0.2) is 5.65 Å². The maximum atomic E-state index is 12.5. The third kappa shape index (κ3) is 2.54. The lowest BCUT2D eigenvalue weighted by molar-refractivity contribution is -0.139. The fraction of sp³-hybridized carbons (Fsp3) is 0.467. The number of fused-ring (bicyclic) bond motifs is 1. The van der Waals surface area contributed by atoms with Gasteiger partial charge in [-0.2, -0.15) is 5.10 Å². The Bertz CT molecular complexity index is 762. The lowest BCUT2D eigenvalue weighted by Crippen LogP contribution is -2.30. The number of pyridine rings is 1. The number of esters is 1. The van der Waals surface area contributed by atoms with Crippen molar-refractivity contribution in [3.05, 3.63) is 23.0 Å². The molecule has 0 aromatic carbocycles. The highest BCUT2D eigenvalue weighted by molar-refractivity contribution is 6.07. The molecule has 7 heteroatoms. The summed E-state index contributed by atoms with van der Waals surface area (Å²) < 4.78 is 6.23. The number of carbonyl (C=O) groups excluding carboxylic acids is 2. The number of methoxy groups -OCH3 is 1. The van der Waals surface area contributed by atoms with Crippen LogP contribution in [0.2, 0.25) is 0 Å².